The van der Waals surface area contributed by atoms with Crippen molar-refractivity contribution in [3.63, 3.8) is 0 Å². The van der Waals surface area contributed by atoms with Gasteiger partial charge >= 0.3 is 5.97 Å². The van der Waals surface area contributed by atoms with Gasteiger partial charge in [-0.1, -0.05) is 32.0 Å². The predicted octanol–water partition coefficient (Wildman–Crippen LogP) is 4.72. The van der Waals surface area contributed by atoms with Gasteiger partial charge in [0.05, 0.1) is 12.1 Å². The second-order valence-corrected chi connectivity index (χ2v) is 5.99. The van der Waals surface area contributed by atoms with Gasteiger partial charge in [0.2, 0.25) is 0 Å². The van der Waals surface area contributed by atoms with Crippen molar-refractivity contribution in [3.8, 4) is 11.3 Å². The van der Waals surface area contributed by atoms with Crippen LogP contribution in [0.1, 0.15) is 30.9 Å². The summed E-state index contributed by atoms with van der Waals surface area (Å²) < 4.78 is 14.2. The number of rotatable bonds is 4. The highest BCUT2D eigenvalue weighted by atomic mass is 19.1. The summed E-state index contributed by atoms with van der Waals surface area (Å²) >= 11 is 0. The Kier molecular flexibility index (Phi) is 3.90. The quantitative estimate of drug-likeness (QED) is 0.732. The number of carboxylic acids is 1. The van der Waals surface area contributed by atoms with E-state index in [1.165, 1.54) is 6.07 Å². The summed E-state index contributed by atoms with van der Waals surface area (Å²) in [5.41, 5.74) is 3.51. The Morgan fingerprint density at radius 3 is 2.61 bits per heavy atom. The van der Waals surface area contributed by atoms with Crippen molar-refractivity contribution < 1.29 is 14.3 Å². The number of carbonyl (C=O) groups is 1. The monoisotopic (exact) mass is 311 g/mol. The van der Waals surface area contributed by atoms with Gasteiger partial charge in [-0.25, -0.2) is 4.39 Å². The van der Waals surface area contributed by atoms with Crippen LogP contribution >= 0.6 is 0 Å². The van der Waals surface area contributed by atoms with Crippen molar-refractivity contribution in [2.45, 2.75) is 26.2 Å². The molecule has 0 bridgehead atoms. The Balaban J connectivity index is 2.29. The van der Waals surface area contributed by atoms with E-state index in [9.17, 15) is 14.3 Å². The molecule has 1 heterocycles. The Morgan fingerprint density at radius 1 is 1.22 bits per heavy atom. The van der Waals surface area contributed by atoms with Gasteiger partial charge in [0.25, 0.3) is 0 Å². The van der Waals surface area contributed by atoms with Gasteiger partial charge in [-0.05, 0) is 41.3 Å². The van der Waals surface area contributed by atoms with Crippen LogP contribution in [0.2, 0.25) is 0 Å². The van der Waals surface area contributed by atoms with Crippen molar-refractivity contribution in [2.24, 2.45) is 0 Å². The molecule has 0 saturated carbocycles. The van der Waals surface area contributed by atoms with Crippen LogP contribution < -0.4 is 0 Å². The van der Waals surface area contributed by atoms with E-state index in [4.69, 9.17) is 0 Å². The first-order valence-electron chi connectivity index (χ1n) is 7.58. The molecule has 3 nitrogen and oxygen atoms in total. The highest BCUT2D eigenvalue weighted by Gasteiger charge is 2.18. The van der Waals surface area contributed by atoms with Crippen molar-refractivity contribution in [1.82, 2.24) is 4.98 Å². The maximum Gasteiger partial charge on any atom is 0.307 e. The number of halogens is 1. The highest BCUT2D eigenvalue weighted by molar-refractivity contribution is 5.94. The van der Waals surface area contributed by atoms with Gasteiger partial charge in [-0.2, -0.15) is 0 Å². The lowest BCUT2D eigenvalue weighted by Gasteiger charge is -2.06. The number of aliphatic carboxylic acids is 1. The molecule has 118 valence electrons. The number of H-pyrrole nitrogens is 1. The third kappa shape index (κ3) is 2.84. The predicted molar refractivity (Wildman–Crippen MR) is 89.1 cm³/mol. The SMILES string of the molecule is CC(C)c1ccc2[nH]c(-c3ccccc3F)c(CC(=O)O)c2c1. The van der Waals surface area contributed by atoms with Crippen LogP contribution in [0.15, 0.2) is 42.5 Å². The second kappa shape index (κ2) is 5.88. The molecule has 0 amide bonds. The zero-order valence-electron chi connectivity index (χ0n) is 13.1. The van der Waals surface area contributed by atoms with E-state index in [1.807, 2.05) is 18.2 Å². The van der Waals surface area contributed by atoms with E-state index in [-0.39, 0.29) is 12.2 Å². The third-order valence-electron chi connectivity index (χ3n) is 4.07. The molecule has 0 spiro atoms. The van der Waals surface area contributed by atoms with Gasteiger partial charge in [-0.15, -0.1) is 0 Å². The van der Waals surface area contributed by atoms with Gasteiger partial charge in [0, 0.05) is 16.5 Å². The third-order valence-corrected chi connectivity index (χ3v) is 4.07. The summed E-state index contributed by atoms with van der Waals surface area (Å²) in [5, 5.41) is 10.1. The zero-order chi connectivity index (χ0) is 16.6. The topological polar surface area (TPSA) is 53.1 Å². The summed E-state index contributed by atoms with van der Waals surface area (Å²) in [6.45, 7) is 4.17. The lowest BCUT2D eigenvalue weighted by molar-refractivity contribution is -0.136. The van der Waals surface area contributed by atoms with E-state index < -0.39 is 5.97 Å². The average Bonchev–Trinajstić information content (AvgIpc) is 2.85. The number of aromatic amines is 1. The van der Waals surface area contributed by atoms with Crippen molar-refractivity contribution >= 4 is 16.9 Å². The van der Waals surface area contributed by atoms with Crippen LogP contribution in [0.3, 0.4) is 0 Å². The maximum absolute atomic E-state index is 14.2. The van der Waals surface area contributed by atoms with Crippen LogP contribution in [-0.2, 0) is 11.2 Å². The Hall–Kier alpha value is -2.62. The molecule has 0 unspecified atom stereocenters. The molecular weight excluding hydrogens is 293 g/mol. The van der Waals surface area contributed by atoms with Crippen LogP contribution in [-0.4, -0.2) is 16.1 Å². The summed E-state index contributed by atoms with van der Waals surface area (Å²) in [7, 11) is 0. The molecule has 0 aliphatic rings. The van der Waals surface area contributed by atoms with Crippen molar-refractivity contribution in [3.05, 3.63) is 59.4 Å². The van der Waals surface area contributed by atoms with E-state index in [0.717, 1.165) is 16.5 Å². The Morgan fingerprint density at radius 2 is 1.96 bits per heavy atom. The molecular formula is C19H18FNO2. The standard InChI is InChI=1S/C19H18FNO2/c1-11(2)12-7-8-17-14(9-12)15(10-18(22)23)19(21-17)13-5-3-4-6-16(13)20/h3-9,11,21H,10H2,1-2H3,(H,22,23). The number of benzene rings is 2. The minimum absolute atomic E-state index is 0.148. The van der Waals surface area contributed by atoms with Crippen LogP contribution in [0.5, 0.6) is 0 Å². The summed E-state index contributed by atoms with van der Waals surface area (Å²) in [6.07, 6.45) is -0.148. The molecule has 0 atom stereocenters. The molecule has 0 radical (unpaired) electrons. The van der Waals surface area contributed by atoms with Crippen LogP contribution in [0.4, 0.5) is 4.39 Å². The van der Waals surface area contributed by atoms with E-state index in [1.54, 1.807) is 18.2 Å². The van der Waals surface area contributed by atoms with Gasteiger partial charge in [0.15, 0.2) is 0 Å². The Labute approximate surface area is 133 Å². The number of nitrogens with one attached hydrogen (secondary N) is 1. The first-order chi connectivity index (χ1) is 11.0. The molecule has 0 aliphatic heterocycles. The largest absolute Gasteiger partial charge is 0.481 e. The van der Waals surface area contributed by atoms with E-state index in [2.05, 4.69) is 18.8 Å². The molecule has 2 N–H and O–H groups in total. The lowest BCUT2D eigenvalue weighted by Crippen LogP contribution is -2.01. The molecule has 3 aromatic rings. The normalized spacial score (nSPS) is 11.3. The van der Waals surface area contributed by atoms with Crippen LogP contribution in [0, 0.1) is 5.82 Å². The maximum atomic E-state index is 14.2. The first kappa shape index (κ1) is 15.3. The number of carboxylic acid groups (broad SMARTS) is 1. The molecule has 3 rings (SSSR count). The summed E-state index contributed by atoms with van der Waals surface area (Å²) in [4.78, 5) is 14.5. The molecule has 0 saturated heterocycles. The number of aromatic nitrogens is 1. The lowest BCUT2D eigenvalue weighted by atomic mass is 9.97. The summed E-state index contributed by atoms with van der Waals surface area (Å²) in [5.74, 6) is -0.961. The fraction of sp³-hybridized carbons (Fsp3) is 0.211. The number of fused-ring (bicyclic) bond motifs is 1. The number of hydrogen-bond donors (Lipinski definition) is 2. The second-order valence-electron chi connectivity index (χ2n) is 5.99. The van der Waals surface area contributed by atoms with Crippen LogP contribution in [0.25, 0.3) is 22.2 Å². The van der Waals surface area contributed by atoms with Crippen molar-refractivity contribution in [2.75, 3.05) is 0 Å². The molecule has 4 heteroatoms. The van der Waals surface area contributed by atoms with Gasteiger partial charge < -0.3 is 10.1 Å². The molecule has 0 aliphatic carbocycles. The van der Waals surface area contributed by atoms with Gasteiger partial charge in [0.1, 0.15) is 5.82 Å². The Bertz CT molecular complexity index is 880. The molecule has 23 heavy (non-hydrogen) atoms. The highest BCUT2D eigenvalue weighted by Crippen LogP contribution is 2.33. The fourth-order valence-electron chi connectivity index (χ4n) is 2.85. The first-order valence-corrected chi connectivity index (χ1v) is 7.58. The van der Waals surface area contributed by atoms with Gasteiger partial charge in [-0.3, -0.25) is 4.79 Å². The molecule has 2 aromatic carbocycles. The zero-order valence-corrected chi connectivity index (χ0v) is 13.1. The molecule has 1 aromatic heterocycles. The minimum atomic E-state index is -0.932. The minimum Gasteiger partial charge on any atom is -0.481 e. The number of hydrogen-bond acceptors (Lipinski definition) is 1. The van der Waals surface area contributed by atoms with E-state index in [0.29, 0.717) is 22.7 Å². The van der Waals surface area contributed by atoms with Crippen molar-refractivity contribution in [1.29, 1.82) is 0 Å². The fourth-order valence-corrected chi connectivity index (χ4v) is 2.85. The molecule has 0 fully saturated rings. The van der Waals surface area contributed by atoms with E-state index >= 15 is 0 Å². The average molecular weight is 311 g/mol. The smallest absolute Gasteiger partial charge is 0.307 e. The summed E-state index contributed by atoms with van der Waals surface area (Å²) in [6, 6.07) is 12.3.